The second kappa shape index (κ2) is 6.19. The largest absolute Gasteiger partial charge is 0.312 e. The number of hydrogen-bond donors (Lipinski definition) is 0. The average molecular weight is 343 g/mol. The molecule has 130 valence electrons. The minimum Gasteiger partial charge on any atom is -0.312 e. The molecule has 4 nitrogen and oxygen atoms in total. The van der Waals surface area contributed by atoms with Crippen molar-refractivity contribution in [2.75, 3.05) is 24.5 Å². The van der Waals surface area contributed by atoms with E-state index >= 15 is 0 Å². The van der Waals surface area contributed by atoms with Crippen molar-refractivity contribution < 1.29 is 13.6 Å². The van der Waals surface area contributed by atoms with Crippen LogP contribution in [0, 0.1) is 17.0 Å². The number of halogens is 2. The zero-order chi connectivity index (χ0) is 17.4. The molecule has 0 bridgehead atoms. The maximum atomic E-state index is 13.5. The molecular weight excluding hydrogens is 324 g/mol. The predicted molar refractivity (Wildman–Crippen MR) is 89.9 cm³/mol. The molecule has 1 aromatic carbocycles. The Labute approximate surface area is 145 Å². The summed E-state index contributed by atoms with van der Waals surface area (Å²) >= 11 is 0. The van der Waals surface area contributed by atoms with Crippen LogP contribution < -0.4 is 4.90 Å². The number of pyridine rings is 1. The number of amides is 1. The van der Waals surface area contributed by atoms with Crippen molar-refractivity contribution in [3.8, 4) is 0 Å². The SMILES string of the molecule is O=C1C[C@@]2(CCN(Cc3cccnc3)C2)CN1c1ccc(F)c(F)c1. The fraction of sp³-hybridized carbons (Fsp3) is 0.368. The summed E-state index contributed by atoms with van der Waals surface area (Å²) in [4.78, 5) is 20.5. The van der Waals surface area contributed by atoms with Crippen LogP contribution in [-0.4, -0.2) is 35.4 Å². The first-order valence-electron chi connectivity index (χ1n) is 8.41. The fourth-order valence-electron chi connectivity index (χ4n) is 3.97. The third-order valence-electron chi connectivity index (χ3n) is 5.18. The average Bonchev–Trinajstić information content (AvgIpc) is 3.14. The van der Waals surface area contributed by atoms with E-state index in [1.807, 2.05) is 18.3 Å². The topological polar surface area (TPSA) is 36.4 Å². The number of nitrogens with zero attached hydrogens (tertiary/aromatic N) is 3. The summed E-state index contributed by atoms with van der Waals surface area (Å²) in [6, 6.07) is 7.62. The van der Waals surface area contributed by atoms with Crippen molar-refractivity contribution in [1.82, 2.24) is 9.88 Å². The molecule has 0 saturated carbocycles. The van der Waals surface area contributed by atoms with Crippen molar-refractivity contribution in [1.29, 1.82) is 0 Å². The summed E-state index contributed by atoms with van der Waals surface area (Å²) in [7, 11) is 0. The molecule has 2 saturated heterocycles. The van der Waals surface area contributed by atoms with Crippen molar-refractivity contribution in [2.45, 2.75) is 19.4 Å². The van der Waals surface area contributed by atoms with Crippen molar-refractivity contribution in [3.63, 3.8) is 0 Å². The maximum absolute atomic E-state index is 13.5. The minimum atomic E-state index is -0.920. The molecule has 0 unspecified atom stereocenters. The minimum absolute atomic E-state index is 0.0192. The van der Waals surface area contributed by atoms with Crippen LogP contribution in [0.3, 0.4) is 0 Å². The van der Waals surface area contributed by atoms with Crippen LogP contribution in [0.4, 0.5) is 14.5 Å². The highest BCUT2D eigenvalue weighted by molar-refractivity contribution is 5.96. The first kappa shape index (κ1) is 16.1. The Hall–Kier alpha value is -2.34. The first-order chi connectivity index (χ1) is 12.0. The van der Waals surface area contributed by atoms with E-state index in [4.69, 9.17) is 0 Å². The van der Waals surface area contributed by atoms with Crippen LogP contribution in [0.5, 0.6) is 0 Å². The van der Waals surface area contributed by atoms with Gasteiger partial charge in [0.2, 0.25) is 5.91 Å². The zero-order valence-corrected chi connectivity index (χ0v) is 13.8. The molecule has 2 fully saturated rings. The summed E-state index contributed by atoms with van der Waals surface area (Å²) in [5.41, 5.74) is 1.48. The number of rotatable bonds is 3. The molecule has 1 amide bonds. The van der Waals surface area contributed by atoms with E-state index in [-0.39, 0.29) is 11.3 Å². The molecule has 1 aromatic heterocycles. The van der Waals surface area contributed by atoms with E-state index in [2.05, 4.69) is 9.88 Å². The maximum Gasteiger partial charge on any atom is 0.227 e. The zero-order valence-electron chi connectivity index (χ0n) is 13.8. The Bertz CT molecular complexity index is 799. The quantitative estimate of drug-likeness (QED) is 0.860. The Morgan fingerprint density at radius 2 is 2.04 bits per heavy atom. The number of benzene rings is 1. The molecule has 2 aromatic rings. The number of likely N-dealkylation sites (tertiary alicyclic amines) is 1. The third kappa shape index (κ3) is 3.14. The Balaban J connectivity index is 1.47. The van der Waals surface area contributed by atoms with Crippen LogP contribution in [0.25, 0.3) is 0 Å². The number of carbonyl (C=O) groups is 1. The van der Waals surface area contributed by atoms with Gasteiger partial charge in [0.05, 0.1) is 0 Å². The number of anilines is 1. The summed E-state index contributed by atoms with van der Waals surface area (Å²) in [6.07, 6.45) is 5.00. The smallest absolute Gasteiger partial charge is 0.227 e. The third-order valence-corrected chi connectivity index (χ3v) is 5.18. The standard InChI is InChI=1S/C19H19F2N3O/c20-16-4-3-15(8-17(16)21)24-13-19(9-18(24)25)5-7-23(12-19)11-14-2-1-6-22-10-14/h1-4,6,8,10H,5,7,9,11-13H2/t19-/m1/s1. The summed E-state index contributed by atoms with van der Waals surface area (Å²) in [6.45, 7) is 3.12. The summed E-state index contributed by atoms with van der Waals surface area (Å²) < 4.78 is 26.7. The summed E-state index contributed by atoms with van der Waals surface area (Å²) in [5.74, 6) is -1.83. The summed E-state index contributed by atoms with van der Waals surface area (Å²) in [5, 5.41) is 0. The van der Waals surface area contributed by atoms with Gasteiger partial charge in [0.25, 0.3) is 0 Å². The van der Waals surface area contributed by atoms with Crippen molar-refractivity contribution >= 4 is 11.6 Å². The predicted octanol–water partition coefficient (Wildman–Crippen LogP) is 2.99. The highest BCUT2D eigenvalue weighted by Crippen LogP contribution is 2.42. The van der Waals surface area contributed by atoms with Crippen LogP contribution in [0.2, 0.25) is 0 Å². The number of carbonyl (C=O) groups excluding carboxylic acids is 1. The van der Waals surface area contributed by atoms with E-state index < -0.39 is 11.6 Å². The van der Waals surface area contributed by atoms with Gasteiger partial charge in [-0.05, 0) is 36.7 Å². The highest BCUT2D eigenvalue weighted by Gasteiger charge is 2.47. The molecule has 3 heterocycles. The lowest BCUT2D eigenvalue weighted by molar-refractivity contribution is -0.117. The van der Waals surface area contributed by atoms with Gasteiger partial charge in [-0.15, -0.1) is 0 Å². The van der Waals surface area contributed by atoms with Crippen molar-refractivity contribution in [2.24, 2.45) is 5.41 Å². The van der Waals surface area contributed by atoms with Gasteiger partial charge >= 0.3 is 0 Å². The van der Waals surface area contributed by atoms with Crippen LogP contribution in [0.1, 0.15) is 18.4 Å². The van der Waals surface area contributed by atoms with Gasteiger partial charge in [-0.2, -0.15) is 0 Å². The molecule has 6 heteroatoms. The molecular formula is C19H19F2N3O. The van der Waals surface area contributed by atoms with E-state index in [9.17, 15) is 13.6 Å². The monoisotopic (exact) mass is 343 g/mol. The van der Waals surface area contributed by atoms with Gasteiger partial charge in [0.1, 0.15) is 0 Å². The van der Waals surface area contributed by atoms with Crippen LogP contribution in [-0.2, 0) is 11.3 Å². The first-order valence-corrected chi connectivity index (χ1v) is 8.41. The lowest BCUT2D eigenvalue weighted by atomic mass is 9.86. The molecule has 0 N–H and O–H groups in total. The van der Waals surface area contributed by atoms with Gasteiger partial charge in [-0.1, -0.05) is 6.07 Å². The normalized spacial score (nSPS) is 23.8. The second-order valence-corrected chi connectivity index (χ2v) is 7.08. The lowest BCUT2D eigenvalue weighted by Crippen LogP contribution is -2.31. The van der Waals surface area contributed by atoms with Gasteiger partial charge < -0.3 is 4.90 Å². The molecule has 1 atom stereocenters. The Morgan fingerprint density at radius 1 is 1.16 bits per heavy atom. The molecule has 0 radical (unpaired) electrons. The lowest BCUT2D eigenvalue weighted by Gasteiger charge is -2.24. The van der Waals surface area contributed by atoms with E-state index in [1.165, 1.54) is 6.07 Å². The molecule has 4 rings (SSSR count). The second-order valence-electron chi connectivity index (χ2n) is 7.08. The van der Waals surface area contributed by atoms with E-state index in [0.717, 1.165) is 43.8 Å². The number of aromatic nitrogens is 1. The molecule has 1 spiro atoms. The van der Waals surface area contributed by atoms with Gasteiger partial charge in [0, 0.05) is 55.6 Å². The molecule has 2 aliphatic heterocycles. The van der Waals surface area contributed by atoms with E-state index in [0.29, 0.717) is 18.7 Å². The molecule has 25 heavy (non-hydrogen) atoms. The fourth-order valence-corrected chi connectivity index (χ4v) is 3.97. The van der Waals surface area contributed by atoms with Gasteiger partial charge in [-0.25, -0.2) is 8.78 Å². The van der Waals surface area contributed by atoms with Gasteiger partial charge in [-0.3, -0.25) is 14.7 Å². The van der Waals surface area contributed by atoms with Gasteiger partial charge in [0.15, 0.2) is 11.6 Å². The Morgan fingerprint density at radius 3 is 2.80 bits per heavy atom. The van der Waals surface area contributed by atoms with Crippen LogP contribution >= 0.6 is 0 Å². The number of hydrogen-bond acceptors (Lipinski definition) is 3. The van der Waals surface area contributed by atoms with Crippen LogP contribution in [0.15, 0.2) is 42.7 Å². The van der Waals surface area contributed by atoms with Crippen molar-refractivity contribution in [3.05, 3.63) is 59.9 Å². The van der Waals surface area contributed by atoms with E-state index in [1.54, 1.807) is 11.1 Å². The molecule has 0 aliphatic carbocycles. The highest BCUT2D eigenvalue weighted by atomic mass is 19.2. The molecule has 2 aliphatic rings. The Kier molecular flexibility index (Phi) is 4.00.